The zero-order valence-corrected chi connectivity index (χ0v) is 12.5. The molecular formula is C11H18N2O6S. The molecule has 0 aliphatic heterocycles. The third-order valence-electron chi connectivity index (χ3n) is 1.93. The number of nitrogens with one attached hydrogen (secondary N) is 1. The Labute approximate surface area is 118 Å². The van der Waals surface area contributed by atoms with Crippen LogP contribution in [0.4, 0.5) is 10.5 Å². The number of methoxy groups -OCH3 is 1. The maximum absolute atomic E-state index is 10.8. The van der Waals surface area contributed by atoms with Gasteiger partial charge in [0, 0.05) is 14.1 Å². The molecule has 0 saturated heterocycles. The molecule has 20 heavy (non-hydrogen) atoms. The van der Waals surface area contributed by atoms with Gasteiger partial charge in [-0.3, -0.25) is 4.55 Å². The molecule has 0 radical (unpaired) electrons. The fourth-order valence-electron chi connectivity index (χ4n) is 1.00. The maximum Gasteiger partial charge on any atom is 0.513 e. The summed E-state index contributed by atoms with van der Waals surface area (Å²) in [5.41, 5.74) is 3.92. The molecule has 1 aromatic rings. The molecule has 0 fully saturated rings. The van der Waals surface area contributed by atoms with Crippen LogP contribution >= 0.6 is 0 Å². The minimum Gasteiger partial charge on any atom is -0.437 e. The van der Waals surface area contributed by atoms with Crippen LogP contribution in [0.1, 0.15) is 0 Å². The normalized spacial score (nSPS) is 10.1. The van der Waals surface area contributed by atoms with E-state index < -0.39 is 16.3 Å². The summed E-state index contributed by atoms with van der Waals surface area (Å²) >= 11 is 0. The van der Waals surface area contributed by atoms with Crippen LogP contribution < -0.4 is 15.2 Å². The Morgan fingerprint density at radius 2 is 1.75 bits per heavy atom. The number of rotatable bonds is 3. The minimum absolute atomic E-state index is 0.454. The van der Waals surface area contributed by atoms with Gasteiger partial charge in [-0.1, -0.05) is 0 Å². The van der Waals surface area contributed by atoms with Gasteiger partial charge in [0.25, 0.3) is 10.1 Å². The molecule has 0 amide bonds. The first-order valence-electron chi connectivity index (χ1n) is 5.36. The second-order valence-electron chi connectivity index (χ2n) is 3.57. The van der Waals surface area contributed by atoms with E-state index in [1.54, 1.807) is 12.1 Å². The summed E-state index contributed by atoms with van der Waals surface area (Å²) in [6, 6.07) is 7.05. The summed E-state index contributed by atoms with van der Waals surface area (Å²) in [6.07, 6.45) is -0.00257. The number of carbonyl (C=O) groups is 1. The lowest BCUT2D eigenvalue weighted by Gasteiger charge is -2.17. The van der Waals surface area contributed by atoms with Crippen LogP contribution in [0.3, 0.4) is 0 Å². The quantitative estimate of drug-likeness (QED) is 0.367. The number of ether oxygens (including phenoxy) is 2. The molecule has 0 atom stereocenters. The Morgan fingerprint density at radius 1 is 1.30 bits per heavy atom. The van der Waals surface area contributed by atoms with Gasteiger partial charge in [-0.05, 0) is 24.3 Å². The van der Waals surface area contributed by atoms with Crippen molar-refractivity contribution in [2.45, 2.75) is 0 Å². The van der Waals surface area contributed by atoms with Crippen molar-refractivity contribution in [2.75, 3.05) is 32.5 Å². The number of hydrazine groups is 1. The Bertz CT molecular complexity index is 506. The monoisotopic (exact) mass is 306 g/mol. The fraction of sp³-hybridized carbons (Fsp3) is 0.364. The highest BCUT2D eigenvalue weighted by Gasteiger charge is 2.03. The molecule has 0 saturated carbocycles. The van der Waals surface area contributed by atoms with E-state index in [2.05, 4.69) is 10.2 Å². The molecule has 0 aliphatic rings. The van der Waals surface area contributed by atoms with Crippen LogP contribution in [-0.2, 0) is 14.9 Å². The van der Waals surface area contributed by atoms with Crippen molar-refractivity contribution in [1.29, 1.82) is 0 Å². The summed E-state index contributed by atoms with van der Waals surface area (Å²) in [5, 5.41) is 1.84. The molecule has 0 aromatic heterocycles. The smallest absolute Gasteiger partial charge is 0.437 e. The lowest BCUT2D eigenvalue weighted by atomic mass is 10.3. The number of anilines is 1. The van der Waals surface area contributed by atoms with Crippen LogP contribution in [0.15, 0.2) is 24.3 Å². The molecule has 0 unspecified atom stereocenters. The summed E-state index contributed by atoms with van der Waals surface area (Å²) in [6.45, 7) is 0. The first kappa shape index (κ1) is 18.2. The summed E-state index contributed by atoms with van der Waals surface area (Å²) in [5.74, 6) is 0.454. The van der Waals surface area contributed by atoms with Gasteiger partial charge >= 0.3 is 6.16 Å². The summed E-state index contributed by atoms with van der Waals surface area (Å²) < 4.78 is 35.1. The first-order chi connectivity index (χ1) is 9.17. The standard InChI is InChI=1S/C10H14N2O3.CH4O3S/c1-11-12(2)8-4-6-9(7-5-8)15-10(13)14-3;1-5(2,3)4/h4-7,11H,1-3H3;1H3,(H,2,3,4). The number of hydrogen-bond acceptors (Lipinski definition) is 7. The molecule has 114 valence electrons. The zero-order chi connectivity index (χ0) is 15.8. The number of hydrogen-bond donors (Lipinski definition) is 2. The topological polar surface area (TPSA) is 105 Å². The molecule has 2 N–H and O–H groups in total. The van der Waals surface area contributed by atoms with Gasteiger partial charge in [-0.25, -0.2) is 10.2 Å². The van der Waals surface area contributed by atoms with Crippen molar-refractivity contribution < 1.29 is 27.2 Å². The molecule has 9 heteroatoms. The number of carbonyl (C=O) groups excluding carboxylic acids is 1. The maximum atomic E-state index is 10.8. The lowest BCUT2D eigenvalue weighted by Crippen LogP contribution is -2.30. The van der Waals surface area contributed by atoms with Crippen molar-refractivity contribution in [2.24, 2.45) is 0 Å². The van der Waals surface area contributed by atoms with Crippen molar-refractivity contribution in [1.82, 2.24) is 5.43 Å². The van der Waals surface area contributed by atoms with Gasteiger partial charge in [0.05, 0.1) is 19.1 Å². The molecule has 0 spiro atoms. The number of benzene rings is 1. The van der Waals surface area contributed by atoms with Crippen molar-refractivity contribution in [3.63, 3.8) is 0 Å². The van der Waals surface area contributed by atoms with E-state index in [9.17, 15) is 13.2 Å². The molecule has 0 bridgehead atoms. The zero-order valence-electron chi connectivity index (χ0n) is 11.7. The minimum atomic E-state index is -3.67. The molecule has 0 heterocycles. The Balaban J connectivity index is 0.000000621. The third-order valence-corrected chi connectivity index (χ3v) is 1.93. The van der Waals surface area contributed by atoms with Gasteiger partial charge in [-0.2, -0.15) is 8.42 Å². The Kier molecular flexibility index (Phi) is 7.59. The van der Waals surface area contributed by atoms with Gasteiger partial charge in [0.2, 0.25) is 0 Å². The second kappa shape index (κ2) is 8.35. The molecular weight excluding hydrogens is 288 g/mol. The highest BCUT2D eigenvalue weighted by molar-refractivity contribution is 7.85. The van der Waals surface area contributed by atoms with Gasteiger partial charge in [0.15, 0.2) is 0 Å². The lowest BCUT2D eigenvalue weighted by molar-refractivity contribution is 0.121. The van der Waals surface area contributed by atoms with Gasteiger partial charge in [0.1, 0.15) is 5.75 Å². The summed E-state index contributed by atoms with van der Waals surface area (Å²) in [4.78, 5) is 10.8. The average Bonchev–Trinajstić information content (AvgIpc) is 2.36. The van der Waals surface area contributed by atoms with Crippen LogP contribution in [-0.4, -0.2) is 46.6 Å². The molecule has 1 rings (SSSR count). The fourth-order valence-corrected chi connectivity index (χ4v) is 1.00. The predicted octanol–water partition coefficient (Wildman–Crippen LogP) is 0.906. The van der Waals surface area contributed by atoms with E-state index >= 15 is 0 Å². The van der Waals surface area contributed by atoms with Crippen LogP contribution in [0, 0.1) is 0 Å². The molecule has 0 aliphatic carbocycles. The van der Waals surface area contributed by atoms with Gasteiger partial charge in [-0.15, -0.1) is 0 Å². The second-order valence-corrected chi connectivity index (χ2v) is 5.03. The average molecular weight is 306 g/mol. The highest BCUT2D eigenvalue weighted by atomic mass is 32.2. The predicted molar refractivity (Wildman–Crippen MR) is 74.4 cm³/mol. The first-order valence-corrected chi connectivity index (χ1v) is 7.21. The van der Waals surface area contributed by atoms with E-state index in [-0.39, 0.29) is 0 Å². The van der Waals surface area contributed by atoms with Crippen LogP contribution in [0.5, 0.6) is 5.75 Å². The SMILES string of the molecule is CNN(C)c1ccc(OC(=O)OC)cc1.CS(=O)(=O)O. The Hall–Kier alpha value is -1.84. The Morgan fingerprint density at radius 3 is 2.10 bits per heavy atom. The van der Waals surface area contributed by atoms with E-state index in [1.807, 2.05) is 31.2 Å². The third kappa shape index (κ3) is 9.14. The van der Waals surface area contributed by atoms with E-state index in [1.165, 1.54) is 7.11 Å². The van der Waals surface area contributed by atoms with E-state index in [4.69, 9.17) is 9.29 Å². The van der Waals surface area contributed by atoms with Crippen LogP contribution in [0.25, 0.3) is 0 Å². The van der Waals surface area contributed by atoms with Gasteiger partial charge < -0.3 is 14.5 Å². The van der Waals surface area contributed by atoms with Crippen molar-refractivity contribution in [3.05, 3.63) is 24.3 Å². The van der Waals surface area contributed by atoms with Crippen molar-refractivity contribution in [3.8, 4) is 5.75 Å². The molecule has 1 aromatic carbocycles. The largest absolute Gasteiger partial charge is 0.513 e. The molecule has 8 nitrogen and oxygen atoms in total. The summed E-state index contributed by atoms with van der Waals surface area (Å²) in [7, 11) is 1.31. The highest BCUT2D eigenvalue weighted by Crippen LogP contribution is 2.17. The van der Waals surface area contributed by atoms with E-state index in [0.29, 0.717) is 12.0 Å². The van der Waals surface area contributed by atoms with Crippen molar-refractivity contribution >= 4 is 22.0 Å². The van der Waals surface area contributed by atoms with E-state index in [0.717, 1.165) is 5.69 Å². The van der Waals surface area contributed by atoms with Crippen LogP contribution in [0.2, 0.25) is 0 Å². The number of nitrogens with zero attached hydrogens (tertiary/aromatic N) is 1.